The summed E-state index contributed by atoms with van der Waals surface area (Å²) in [6, 6.07) is 11.4. The summed E-state index contributed by atoms with van der Waals surface area (Å²) in [6.07, 6.45) is 0. The van der Waals surface area contributed by atoms with Crippen LogP contribution in [0.2, 0.25) is 0 Å². The van der Waals surface area contributed by atoms with E-state index in [1.807, 2.05) is 26.8 Å². The molecule has 0 bridgehead atoms. The molecule has 2 aromatic rings. The van der Waals surface area contributed by atoms with Gasteiger partial charge >= 0.3 is 0 Å². The summed E-state index contributed by atoms with van der Waals surface area (Å²) in [5.74, 6) is 0.818. The number of hydrogen-bond donors (Lipinski definition) is 2. The van der Waals surface area contributed by atoms with E-state index >= 15 is 0 Å². The molecule has 0 atom stereocenters. The van der Waals surface area contributed by atoms with Gasteiger partial charge in [0.25, 0.3) is 5.91 Å². The summed E-state index contributed by atoms with van der Waals surface area (Å²) >= 11 is 0. The van der Waals surface area contributed by atoms with Crippen LogP contribution in [0.15, 0.2) is 47.4 Å². The molecule has 152 valence electrons. The Hall–Kier alpha value is -2.58. The molecule has 0 aliphatic rings. The van der Waals surface area contributed by atoms with Crippen molar-refractivity contribution in [2.45, 2.75) is 25.7 Å². The third-order valence-corrected chi connectivity index (χ3v) is 5.25. The van der Waals surface area contributed by atoms with Crippen LogP contribution < -0.4 is 19.5 Å². The number of ether oxygens (including phenoxy) is 2. The molecule has 2 N–H and O–H groups in total. The minimum Gasteiger partial charge on any atom is -0.495 e. The Balaban J connectivity index is 1.94. The largest absolute Gasteiger partial charge is 0.495 e. The molecule has 1 amide bonds. The molecule has 0 fully saturated rings. The molecule has 0 spiro atoms. The molecule has 8 heteroatoms. The van der Waals surface area contributed by atoms with Gasteiger partial charge in [0, 0.05) is 6.54 Å². The van der Waals surface area contributed by atoms with Gasteiger partial charge in [-0.15, -0.1) is 0 Å². The molecule has 2 rings (SSSR count). The van der Waals surface area contributed by atoms with Gasteiger partial charge in [0.2, 0.25) is 10.0 Å². The Morgan fingerprint density at radius 1 is 1.11 bits per heavy atom. The van der Waals surface area contributed by atoms with Crippen molar-refractivity contribution in [1.82, 2.24) is 4.72 Å². The van der Waals surface area contributed by atoms with Crippen molar-refractivity contribution in [3.63, 3.8) is 0 Å². The van der Waals surface area contributed by atoms with Crippen LogP contribution in [0, 0.1) is 12.8 Å². The molecule has 7 nitrogen and oxygen atoms in total. The Labute approximate surface area is 166 Å². The molecular formula is C20H26N2O5S. The maximum atomic E-state index is 12.2. The Morgan fingerprint density at radius 3 is 2.39 bits per heavy atom. The highest BCUT2D eigenvalue weighted by atomic mass is 32.2. The zero-order chi connectivity index (χ0) is 20.7. The first kappa shape index (κ1) is 21.7. The number of hydrogen-bond acceptors (Lipinski definition) is 5. The second-order valence-electron chi connectivity index (χ2n) is 6.76. The van der Waals surface area contributed by atoms with Gasteiger partial charge in [0.05, 0.1) is 17.7 Å². The predicted octanol–water partition coefficient (Wildman–Crippen LogP) is 2.96. The van der Waals surface area contributed by atoms with Gasteiger partial charge in [0.1, 0.15) is 11.5 Å². The van der Waals surface area contributed by atoms with Crippen LogP contribution in [0.25, 0.3) is 0 Å². The van der Waals surface area contributed by atoms with E-state index < -0.39 is 10.0 Å². The van der Waals surface area contributed by atoms with Gasteiger partial charge in [-0.1, -0.05) is 19.9 Å². The predicted molar refractivity (Wildman–Crippen MR) is 108 cm³/mol. The fourth-order valence-electron chi connectivity index (χ4n) is 2.33. The molecule has 0 saturated carbocycles. The number of carbonyl (C=O) groups excluding carboxylic acids is 1. The van der Waals surface area contributed by atoms with Gasteiger partial charge in [-0.3, -0.25) is 4.79 Å². The fourth-order valence-corrected chi connectivity index (χ4v) is 3.54. The van der Waals surface area contributed by atoms with E-state index in [4.69, 9.17) is 9.47 Å². The first-order chi connectivity index (χ1) is 13.2. The van der Waals surface area contributed by atoms with E-state index in [0.717, 1.165) is 5.56 Å². The maximum absolute atomic E-state index is 12.2. The van der Waals surface area contributed by atoms with E-state index in [1.165, 1.54) is 31.4 Å². The van der Waals surface area contributed by atoms with Crippen molar-refractivity contribution in [2.24, 2.45) is 5.92 Å². The lowest BCUT2D eigenvalue weighted by atomic mass is 10.2. The number of amides is 1. The number of rotatable bonds is 9. The molecule has 0 heterocycles. The lowest BCUT2D eigenvalue weighted by molar-refractivity contribution is -0.118. The summed E-state index contributed by atoms with van der Waals surface area (Å²) in [5, 5.41) is 2.74. The zero-order valence-corrected chi connectivity index (χ0v) is 17.3. The number of methoxy groups -OCH3 is 1. The van der Waals surface area contributed by atoms with E-state index in [0.29, 0.717) is 23.7 Å². The van der Waals surface area contributed by atoms with Crippen LogP contribution in [0.5, 0.6) is 11.5 Å². The molecule has 0 aliphatic heterocycles. The third-order valence-electron chi connectivity index (χ3n) is 3.81. The molecule has 2 aromatic carbocycles. The van der Waals surface area contributed by atoms with Gasteiger partial charge in [0.15, 0.2) is 6.61 Å². The third kappa shape index (κ3) is 6.24. The minimum atomic E-state index is -3.55. The van der Waals surface area contributed by atoms with E-state index in [2.05, 4.69) is 10.0 Å². The van der Waals surface area contributed by atoms with Crippen molar-refractivity contribution >= 4 is 21.6 Å². The maximum Gasteiger partial charge on any atom is 0.262 e. The average Bonchev–Trinajstić information content (AvgIpc) is 2.65. The highest BCUT2D eigenvalue weighted by molar-refractivity contribution is 7.89. The number of carbonyl (C=O) groups is 1. The van der Waals surface area contributed by atoms with Crippen LogP contribution in [-0.2, 0) is 14.8 Å². The van der Waals surface area contributed by atoms with E-state index in [1.54, 1.807) is 12.1 Å². The van der Waals surface area contributed by atoms with Crippen molar-refractivity contribution in [2.75, 3.05) is 25.6 Å². The Bertz CT molecular complexity index is 909. The van der Waals surface area contributed by atoms with Crippen LogP contribution in [-0.4, -0.2) is 34.6 Å². The first-order valence-corrected chi connectivity index (χ1v) is 10.4. The molecule has 0 saturated heterocycles. The topological polar surface area (TPSA) is 93.7 Å². The quantitative estimate of drug-likeness (QED) is 0.668. The van der Waals surface area contributed by atoms with Crippen molar-refractivity contribution in [3.8, 4) is 11.5 Å². The first-order valence-electron chi connectivity index (χ1n) is 8.88. The smallest absolute Gasteiger partial charge is 0.262 e. The summed E-state index contributed by atoms with van der Waals surface area (Å²) in [5.41, 5.74) is 1.55. The molecule has 0 aromatic heterocycles. The van der Waals surface area contributed by atoms with Crippen LogP contribution >= 0.6 is 0 Å². The lowest BCUT2D eigenvalue weighted by Crippen LogP contribution is -2.27. The van der Waals surface area contributed by atoms with Crippen molar-refractivity contribution in [1.29, 1.82) is 0 Å². The average molecular weight is 407 g/mol. The number of nitrogens with one attached hydrogen (secondary N) is 2. The summed E-state index contributed by atoms with van der Waals surface area (Å²) < 4.78 is 37.6. The Morgan fingerprint density at radius 2 is 1.79 bits per heavy atom. The molecular weight excluding hydrogens is 380 g/mol. The van der Waals surface area contributed by atoms with Gasteiger partial charge in [-0.2, -0.15) is 0 Å². The highest BCUT2D eigenvalue weighted by Gasteiger charge is 2.14. The monoisotopic (exact) mass is 406 g/mol. The number of aryl methyl sites for hydroxylation is 1. The lowest BCUT2D eigenvalue weighted by Gasteiger charge is -2.12. The van der Waals surface area contributed by atoms with E-state index in [-0.39, 0.29) is 23.3 Å². The summed E-state index contributed by atoms with van der Waals surface area (Å²) in [4.78, 5) is 12.3. The normalized spacial score (nSPS) is 11.3. The number of benzene rings is 2. The standard InChI is InChI=1S/C20H26N2O5S/c1-14(2)12-21-28(24,25)17-8-6-16(7-9-17)27-13-20(23)22-18-11-15(3)5-10-19(18)26-4/h5-11,14,21H,12-13H2,1-4H3,(H,22,23). The summed E-state index contributed by atoms with van der Waals surface area (Å²) in [6.45, 7) is 5.92. The van der Waals surface area contributed by atoms with Crippen LogP contribution in [0.4, 0.5) is 5.69 Å². The van der Waals surface area contributed by atoms with Crippen LogP contribution in [0.1, 0.15) is 19.4 Å². The fraction of sp³-hybridized carbons (Fsp3) is 0.350. The van der Waals surface area contributed by atoms with Crippen molar-refractivity contribution < 1.29 is 22.7 Å². The Kier molecular flexibility index (Phi) is 7.42. The van der Waals surface area contributed by atoms with Crippen molar-refractivity contribution in [3.05, 3.63) is 48.0 Å². The van der Waals surface area contributed by atoms with Gasteiger partial charge < -0.3 is 14.8 Å². The minimum absolute atomic E-state index is 0.148. The molecule has 0 unspecified atom stereocenters. The molecule has 28 heavy (non-hydrogen) atoms. The zero-order valence-electron chi connectivity index (χ0n) is 16.5. The van der Waals surface area contributed by atoms with Crippen LogP contribution in [0.3, 0.4) is 0 Å². The summed E-state index contributed by atoms with van der Waals surface area (Å²) in [7, 11) is -2.02. The highest BCUT2D eigenvalue weighted by Crippen LogP contribution is 2.25. The van der Waals surface area contributed by atoms with Gasteiger partial charge in [-0.05, 0) is 54.8 Å². The number of sulfonamides is 1. The SMILES string of the molecule is COc1ccc(C)cc1NC(=O)COc1ccc(S(=O)(=O)NCC(C)C)cc1. The second kappa shape index (κ2) is 9.57. The number of anilines is 1. The second-order valence-corrected chi connectivity index (χ2v) is 8.52. The van der Waals surface area contributed by atoms with Gasteiger partial charge in [-0.25, -0.2) is 13.1 Å². The molecule has 0 aliphatic carbocycles. The molecule has 0 radical (unpaired) electrons. The van der Waals surface area contributed by atoms with E-state index in [9.17, 15) is 13.2 Å².